The third-order valence-corrected chi connectivity index (χ3v) is 2.20. The van der Waals surface area contributed by atoms with Crippen LogP contribution in [0, 0.1) is 17.4 Å². The van der Waals surface area contributed by atoms with Crippen LogP contribution in [0.4, 0.5) is 17.6 Å². The number of nitriles is 1. The van der Waals surface area contributed by atoms with E-state index in [9.17, 15) is 17.6 Å². The lowest BCUT2D eigenvalue weighted by atomic mass is 10.1. The van der Waals surface area contributed by atoms with Crippen molar-refractivity contribution in [3.63, 3.8) is 0 Å². The van der Waals surface area contributed by atoms with E-state index in [1.54, 1.807) is 6.07 Å². The van der Waals surface area contributed by atoms with E-state index in [1.165, 1.54) is 18.2 Å². The highest BCUT2D eigenvalue weighted by molar-refractivity contribution is 5.60. The molecule has 0 aliphatic heterocycles. The highest BCUT2D eigenvalue weighted by Crippen LogP contribution is 2.25. The van der Waals surface area contributed by atoms with Crippen molar-refractivity contribution in [2.75, 3.05) is 0 Å². The third kappa shape index (κ3) is 3.41. The summed E-state index contributed by atoms with van der Waals surface area (Å²) >= 11 is 0. The molecule has 0 aliphatic rings. The summed E-state index contributed by atoms with van der Waals surface area (Å²) in [4.78, 5) is 6.70. The number of hydrogen-bond donors (Lipinski definition) is 0. The van der Waals surface area contributed by atoms with Crippen molar-refractivity contribution in [3.8, 4) is 23.1 Å². The van der Waals surface area contributed by atoms with E-state index in [0.717, 1.165) is 12.1 Å². The van der Waals surface area contributed by atoms with Crippen LogP contribution in [-0.2, 0) is 0 Å². The highest BCUT2D eigenvalue weighted by atomic mass is 19.4. The summed E-state index contributed by atoms with van der Waals surface area (Å²) in [6, 6.07) is 7.55. The highest BCUT2D eigenvalue weighted by Gasteiger charge is 2.30. The van der Waals surface area contributed by atoms with E-state index >= 15 is 0 Å². The zero-order chi connectivity index (χ0) is 14.8. The zero-order valence-corrected chi connectivity index (χ0v) is 9.65. The number of hydrogen-bond acceptors (Lipinski definition) is 4. The van der Waals surface area contributed by atoms with Crippen LogP contribution in [-0.4, -0.2) is 16.3 Å². The van der Waals surface area contributed by atoms with Crippen molar-refractivity contribution in [3.05, 3.63) is 42.1 Å². The van der Waals surface area contributed by atoms with Gasteiger partial charge in [-0.2, -0.15) is 14.6 Å². The zero-order valence-electron chi connectivity index (χ0n) is 9.65. The molecule has 2 aromatic rings. The van der Waals surface area contributed by atoms with E-state index in [2.05, 4.69) is 14.7 Å². The first-order chi connectivity index (χ1) is 9.37. The maximum absolute atomic E-state index is 13.1. The minimum absolute atomic E-state index is 0.0904. The number of nitrogens with zero attached hydrogens (tertiary/aromatic N) is 3. The summed E-state index contributed by atoms with van der Waals surface area (Å²) in [5, 5.41) is 8.65. The molecule has 0 saturated carbocycles. The Hall–Kier alpha value is -2.69. The van der Waals surface area contributed by atoms with E-state index < -0.39 is 18.2 Å². The normalized spacial score (nSPS) is 10.9. The quantitative estimate of drug-likeness (QED) is 0.628. The third-order valence-electron chi connectivity index (χ3n) is 2.20. The Labute approximate surface area is 110 Å². The minimum atomic E-state index is -4.78. The van der Waals surface area contributed by atoms with Crippen LogP contribution in [0.15, 0.2) is 30.3 Å². The molecule has 1 aromatic heterocycles. The molecule has 1 heterocycles. The summed E-state index contributed by atoms with van der Waals surface area (Å²) in [5.74, 6) is -0.406. The lowest BCUT2D eigenvalue weighted by Gasteiger charge is -2.09. The molecule has 0 unspecified atom stereocenters. The van der Waals surface area contributed by atoms with Crippen LogP contribution in [0.3, 0.4) is 0 Å². The Bertz CT molecular complexity index is 662. The second kappa shape index (κ2) is 5.13. The number of rotatable bonds is 2. The van der Waals surface area contributed by atoms with Crippen LogP contribution in [0.25, 0.3) is 11.3 Å². The van der Waals surface area contributed by atoms with Crippen LogP contribution < -0.4 is 4.74 Å². The van der Waals surface area contributed by atoms with E-state index in [4.69, 9.17) is 5.26 Å². The predicted molar refractivity (Wildman–Crippen MR) is 58.8 cm³/mol. The lowest BCUT2D eigenvalue weighted by molar-refractivity contribution is -0.274. The Morgan fingerprint density at radius 1 is 1.10 bits per heavy atom. The van der Waals surface area contributed by atoms with E-state index in [-0.39, 0.29) is 11.4 Å². The summed E-state index contributed by atoms with van der Waals surface area (Å²) in [7, 11) is 0. The van der Waals surface area contributed by atoms with E-state index in [1.807, 2.05) is 0 Å². The molecule has 0 aliphatic carbocycles. The molecule has 0 fully saturated rings. The first-order valence-corrected chi connectivity index (χ1v) is 5.18. The molecule has 0 amide bonds. The number of alkyl halides is 3. The SMILES string of the molecule is N#Cc1cc(-c2ccc(OC(F)(F)F)cc2)nc(F)n1. The van der Waals surface area contributed by atoms with Gasteiger partial charge in [0.25, 0.3) is 0 Å². The van der Waals surface area contributed by atoms with Crippen molar-refractivity contribution >= 4 is 0 Å². The van der Waals surface area contributed by atoms with Crippen molar-refractivity contribution < 1.29 is 22.3 Å². The van der Waals surface area contributed by atoms with Crippen LogP contribution in [0.2, 0.25) is 0 Å². The number of halogens is 4. The van der Waals surface area contributed by atoms with Gasteiger partial charge in [0.1, 0.15) is 17.5 Å². The van der Waals surface area contributed by atoms with Crippen molar-refractivity contribution in [1.29, 1.82) is 5.26 Å². The first kappa shape index (κ1) is 13.7. The predicted octanol–water partition coefficient (Wildman–Crippen LogP) is 3.05. The monoisotopic (exact) mass is 283 g/mol. The molecule has 0 saturated heterocycles. The summed E-state index contributed by atoms with van der Waals surface area (Å²) in [6.45, 7) is 0. The molecule has 0 atom stereocenters. The van der Waals surface area contributed by atoms with Crippen molar-refractivity contribution in [1.82, 2.24) is 9.97 Å². The Kier molecular flexibility index (Phi) is 3.52. The molecular weight excluding hydrogens is 278 g/mol. The molecule has 0 spiro atoms. The Morgan fingerprint density at radius 3 is 2.30 bits per heavy atom. The van der Waals surface area contributed by atoms with Crippen LogP contribution >= 0.6 is 0 Å². The number of benzene rings is 1. The van der Waals surface area contributed by atoms with Gasteiger partial charge < -0.3 is 4.74 Å². The molecule has 0 N–H and O–H groups in total. The largest absolute Gasteiger partial charge is 0.573 e. The van der Waals surface area contributed by atoms with Gasteiger partial charge in [0.05, 0.1) is 5.69 Å². The number of aromatic nitrogens is 2. The Balaban J connectivity index is 2.31. The smallest absolute Gasteiger partial charge is 0.406 e. The van der Waals surface area contributed by atoms with Gasteiger partial charge in [0, 0.05) is 11.6 Å². The second-order valence-electron chi connectivity index (χ2n) is 3.59. The fourth-order valence-corrected chi connectivity index (χ4v) is 1.45. The molecule has 4 nitrogen and oxygen atoms in total. The first-order valence-electron chi connectivity index (χ1n) is 5.18. The Morgan fingerprint density at radius 2 is 1.75 bits per heavy atom. The molecule has 8 heteroatoms. The van der Waals surface area contributed by atoms with Gasteiger partial charge in [-0.1, -0.05) is 0 Å². The van der Waals surface area contributed by atoms with Crippen LogP contribution in [0.5, 0.6) is 5.75 Å². The van der Waals surface area contributed by atoms with Gasteiger partial charge in [-0.15, -0.1) is 13.2 Å². The van der Waals surface area contributed by atoms with Crippen LogP contribution in [0.1, 0.15) is 5.69 Å². The summed E-state index contributed by atoms with van der Waals surface area (Å²) < 4.78 is 52.7. The topological polar surface area (TPSA) is 58.8 Å². The lowest BCUT2D eigenvalue weighted by Crippen LogP contribution is -2.16. The van der Waals surface area contributed by atoms with Gasteiger partial charge >= 0.3 is 12.4 Å². The molecular formula is C12H5F4N3O. The standard InChI is InChI=1S/C12H5F4N3O/c13-11-18-8(6-17)5-10(19-11)7-1-3-9(4-2-7)20-12(14,15)16/h1-5H. The van der Waals surface area contributed by atoms with Crippen molar-refractivity contribution in [2.45, 2.75) is 6.36 Å². The molecule has 2 rings (SSSR count). The summed E-state index contributed by atoms with van der Waals surface area (Å²) in [6.07, 6.45) is -5.87. The van der Waals surface area contributed by atoms with Gasteiger partial charge in [0.2, 0.25) is 0 Å². The van der Waals surface area contributed by atoms with Gasteiger partial charge in [0.15, 0.2) is 0 Å². The average Bonchev–Trinajstić information content (AvgIpc) is 2.37. The van der Waals surface area contributed by atoms with Gasteiger partial charge in [-0.3, -0.25) is 0 Å². The second-order valence-corrected chi connectivity index (χ2v) is 3.59. The minimum Gasteiger partial charge on any atom is -0.406 e. The fraction of sp³-hybridized carbons (Fsp3) is 0.0833. The molecule has 20 heavy (non-hydrogen) atoms. The maximum Gasteiger partial charge on any atom is 0.573 e. The van der Waals surface area contributed by atoms with Gasteiger partial charge in [-0.25, -0.2) is 4.98 Å². The maximum atomic E-state index is 13.1. The van der Waals surface area contributed by atoms with E-state index in [0.29, 0.717) is 5.56 Å². The number of ether oxygens (including phenoxy) is 1. The van der Waals surface area contributed by atoms with Crippen molar-refractivity contribution in [2.24, 2.45) is 0 Å². The summed E-state index contributed by atoms with van der Waals surface area (Å²) in [5.41, 5.74) is 0.244. The molecule has 102 valence electrons. The molecule has 0 bridgehead atoms. The van der Waals surface area contributed by atoms with Gasteiger partial charge in [-0.05, 0) is 24.3 Å². The molecule has 0 radical (unpaired) electrons. The molecule has 1 aromatic carbocycles. The fourth-order valence-electron chi connectivity index (χ4n) is 1.45. The average molecular weight is 283 g/mol.